The third-order valence-corrected chi connectivity index (χ3v) is 7.40. The van der Waals surface area contributed by atoms with Crippen molar-refractivity contribution in [3.05, 3.63) is 80.2 Å². The van der Waals surface area contributed by atoms with Crippen LogP contribution < -0.4 is 5.56 Å². The molecule has 0 aliphatic carbocycles. The summed E-state index contributed by atoms with van der Waals surface area (Å²) in [5.41, 5.74) is 2.55. The Kier molecular flexibility index (Phi) is 6.05. The fourth-order valence-corrected chi connectivity index (χ4v) is 5.44. The summed E-state index contributed by atoms with van der Waals surface area (Å²) in [5.74, 6) is -0.0254. The molecule has 1 saturated heterocycles. The van der Waals surface area contributed by atoms with Crippen LogP contribution >= 0.6 is 22.9 Å². The number of amides is 1. The summed E-state index contributed by atoms with van der Waals surface area (Å²) in [4.78, 5) is 36.8. The lowest BCUT2D eigenvalue weighted by molar-refractivity contribution is -0.132. The number of aryl methyl sites for hydroxylation is 1. The zero-order chi connectivity index (χ0) is 22.9. The number of carbonyl (C=O) groups excluding carboxylic acids is 1. The number of aromatic amines is 1. The zero-order valence-electron chi connectivity index (χ0n) is 18.3. The average molecular weight is 482 g/mol. The number of aromatic nitrogens is 3. The molecule has 1 aliphatic heterocycles. The minimum Gasteiger partial charge on any atom is -0.340 e. The van der Waals surface area contributed by atoms with Gasteiger partial charge in [-0.15, -0.1) is 11.3 Å². The second-order valence-electron chi connectivity index (χ2n) is 8.25. The van der Waals surface area contributed by atoms with Crippen molar-refractivity contribution in [2.24, 2.45) is 0 Å². The van der Waals surface area contributed by atoms with Gasteiger partial charge in [0.1, 0.15) is 0 Å². The second kappa shape index (κ2) is 9.13. The molecule has 0 unspecified atom stereocenters. The summed E-state index contributed by atoms with van der Waals surface area (Å²) in [5, 5.41) is 3.60. The number of fused-ring (bicyclic) bond motifs is 1. The maximum absolute atomic E-state index is 12.9. The van der Waals surface area contributed by atoms with E-state index in [1.165, 1.54) is 14.3 Å². The monoisotopic (exact) mass is 481 g/mol. The van der Waals surface area contributed by atoms with Gasteiger partial charge in [0.05, 0.1) is 6.42 Å². The molecule has 5 rings (SSSR count). The number of rotatable bonds is 5. The third kappa shape index (κ3) is 4.59. The smallest absolute Gasteiger partial charge is 0.276 e. The Morgan fingerprint density at radius 2 is 1.97 bits per heavy atom. The Labute approximate surface area is 200 Å². The first kappa shape index (κ1) is 21.9. The average Bonchev–Trinajstić information content (AvgIpc) is 3.47. The minimum atomic E-state index is -0.206. The van der Waals surface area contributed by atoms with E-state index in [9.17, 15) is 9.59 Å². The maximum atomic E-state index is 12.9. The SMILES string of the molecule is Cc1nc2cc[nH]n2c(=O)c1CC(=O)N1CCN(Cc2ccc(-c3cccc(Cl)c3)s2)CC1. The Balaban J connectivity index is 1.19. The molecule has 33 heavy (non-hydrogen) atoms. The van der Waals surface area contributed by atoms with Gasteiger partial charge in [-0.25, -0.2) is 9.50 Å². The highest BCUT2D eigenvalue weighted by atomic mass is 35.5. The molecule has 170 valence electrons. The van der Waals surface area contributed by atoms with E-state index in [4.69, 9.17) is 11.6 Å². The molecule has 0 radical (unpaired) electrons. The van der Waals surface area contributed by atoms with Crippen LogP contribution in [0.1, 0.15) is 16.1 Å². The second-order valence-corrected chi connectivity index (χ2v) is 9.85. The highest BCUT2D eigenvalue weighted by molar-refractivity contribution is 7.15. The molecule has 0 atom stereocenters. The molecule has 1 aliphatic rings. The first-order chi connectivity index (χ1) is 16.0. The van der Waals surface area contributed by atoms with Crippen molar-refractivity contribution in [3.8, 4) is 10.4 Å². The number of hydrogen-bond donors (Lipinski definition) is 1. The predicted molar refractivity (Wildman–Crippen MR) is 131 cm³/mol. The Bertz CT molecular complexity index is 1370. The van der Waals surface area contributed by atoms with Crippen LogP contribution in [0.5, 0.6) is 0 Å². The first-order valence-electron chi connectivity index (χ1n) is 10.9. The summed E-state index contributed by atoms with van der Waals surface area (Å²) in [6.07, 6.45) is 1.74. The summed E-state index contributed by atoms with van der Waals surface area (Å²) in [6.45, 7) is 5.58. The first-order valence-corrected chi connectivity index (χ1v) is 12.1. The van der Waals surface area contributed by atoms with Gasteiger partial charge >= 0.3 is 0 Å². The fraction of sp³-hybridized carbons (Fsp3) is 0.292. The number of thiophene rings is 1. The molecule has 0 bridgehead atoms. The molecular weight excluding hydrogens is 458 g/mol. The van der Waals surface area contributed by atoms with Crippen LogP contribution in [0.25, 0.3) is 16.1 Å². The quantitative estimate of drug-likeness (QED) is 0.472. The lowest BCUT2D eigenvalue weighted by Crippen LogP contribution is -2.49. The molecule has 0 spiro atoms. The molecule has 1 fully saturated rings. The number of hydrogen-bond acceptors (Lipinski definition) is 5. The predicted octanol–water partition coefficient (Wildman–Crippen LogP) is 3.60. The highest BCUT2D eigenvalue weighted by Gasteiger charge is 2.23. The van der Waals surface area contributed by atoms with E-state index in [-0.39, 0.29) is 17.9 Å². The van der Waals surface area contributed by atoms with Crippen LogP contribution in [0.3, 0.4) is 0 Å². The Hall–Kier alpha value is -2.94. The van der Waals surface area contributed by atoms with E-state index < -0.39 is 0 Å². The topological polar surface area (TPSA) is 73.7 Å². The fourth-order valence-electron chi connectivity index (χ4n) is 4.21. The van der Waals surface area contributed by atoms with Gasteiger partial charge in [0, 0.05) is 71.0 Å². The molecule has 4 aromatic rings. The number of H-pyrrole nitrogens is 1. The van der Waals surface area contributed by atoms with Crippen LogP contribution in [0.2, 0.25) is 5.02 Å². The van der Waals surface area contributed by atoms with Crippen molar-refractivity contribution in [2.45, 2.75) is 19.9 Å². The van der Waals surface area contributed by atoms with Crippen molar-refractivity contribution >= 4 is 34.5 Å². The van der Waals surface area contributed by atoms with Gasteiger partial charge in [-0.1, -0.05) is 23.7 Å². The standard InChI is InChI=1S/C24H24ClN5O2S/c1-16-20(24(32)30-22(27-16)7-8-26-30)14-23(31)29-11-9-28(10-12-29)15-19-5-6-21(33-19)17-3-2-4-18(25)13-17/h2-8,13,26H,9-12,14-15H2,1H3. The summed E-state index contributed by atoms with van der Waals surface area (Å²) in [6, 6.07) is 14.0. The molecule has 0 saturated carbocycles. The van der Waals surface area contributed by atoms with Crippen LogP contribution in [0, 0.1) is 6.92 Å². The van der Waals surface area contributed by atoms with E-state index in [1.807, 2.05) is 23.1 Å². The van der Waals surface area contributed by atoms with E-state index in [0.29, 0.717) is 30.0 Å². The summed E-state index contributed by atoms with van der Waals surface area (Å²) < 4.78 is 1.38. The summed E-state index contributed by atoms with van der Waals surface area (Å²) in [7, 11) is 0. The number of benzene rings is 1. The van der Waals surface area contributed by atoms with Gasteiger partial charge in [0.15, 0.2) is 5.65 Å². The van der Waals surface area contributed by atoms with Crippen LogP contribution in [-0.2, 0) is 17.8 Å². The minimum absolute atomic E-state index is 0.0254. The van der Waals surface area contributed by atoms with E-state index in [1.54, 1.807) is 30.5 Å². The number of nitrogens with zero attached hydrogens (tertiary/aromatic N) is 4. The Morgan fingerprint density at radius 3 is 2.76 bits per heavy atom. The Morgan fingerprint density at radius 1 is 1.15 bits per heavy atom. The van der Waals surface area contributed by atoms with Gasteiger partial charge in [0.2, 0.25) is 5.91 Å². The van der Waals surface area contributed by atoms with Crippen LogP contribution in [-0.4, -0.2) is 56.5 Å². The molecule has 4 heterocycles. The van der Waals surface area contributed by atoms with Crippen molar-refractivity contribution in [1.29, 1.82) is 0 Å². The lowest BCUT2D eigenvalue weighted by Gasteiger charge is -2.34. The maximum Gasteiger partial charge on any atom is 0.276 e. The van der Waals surface area contributed by atoms with Gasteiger partial charge in [-0.3, -0.25) is 19.6 Å². The lowest BCUT2D eigenvalue weighted by atomic mass is 10.1. The molecular formula is C24H24ClN5O2S. The summed E-state index contributed by atoms with van der Waals surface area (Å²) >= 11 is 7.90. The molecule has 1 N–H and O–H groups in total. The molecule has 7 nitrogen and oxygen atoms in total. The van der Waals surface area contributed by atoms with Gasteiger partial charge in [0.25, 0.3) is 5.56 Å². The van der Waals surface area contributed by atoms with E-state index in [2.05, 4.69) is 33.2 Å². The zero-order valence-corrected chi connectivity index (χ0v) is 19.8. The van der Waals surface area contributed by atoms with Crippen molar-refractivity contribution in [3.63, 3.8) is 0 Å². The molecule has 3 aromatic heterocycles. The van der Waals surface area contributed by atoms with Gasteiger partial charge in [-0.2, -0.15) is 0 Å². The van der Waals surface area contributed by atoms with Crippen LogP contribution in [0.15, 0.2) is 53.5 Å². The van der Waals surface area contributed by atoms with Crippen molar-refractivity contribution in [1.82, 2.24) is 24.4 Å². The van der Waals surface area contributed by atoms with E-state index >= 15 is 0 Å². The number of nitrogens with one attached hydrogen (secondary N) is 1. The van der Waals surface area contributed by atoms with Gasteiger partial charge in [-0.05, 0) is 36.8 Å². The van der Waals surface area contributed by atoms with Crippen LogP contribution in [0.4, 0.5) is 0 Å². The highest BCUT2D eigenvalue weighted by Crippen LogP contribution is 2.30. The normalized spacial score (nSPS) is 14.8. The number of halogens is 1. The number of piperazine rings is 1. The van der Waals surface area contributed by atoms with Gasteiger partial charge < -0.3 is 4.90 Å². The largest absolute Gasteiger partial charge is 0.340 e. The molecule has 1 aromatic carbocycles. The number of carbonyl (C=O) groups is 1. The third-order valence-electron chi connectivity index (χ3n) is 6.05. The molecule has 1 amide bonds. The van der Waals surface area contributed by atoms with Crippen molar-refractivity contribution in [2.75, 3.05) is 26.2 Å². The van der Waals surface area contributed by atoms with E-state index in [0.717, 1.165) is 30.2 Å². The van der Waals surface area contributed by atoms with Crippen molar-refractivity contribution < 1.29 is 4.79 Å². The molecule has 9 heteroatoms.